The molecule has 0 saturated carbocycles. The molecule has 25 heavy (non-hydrogen) atoms. The van der Waals surface area contributed by atoms with Gasteiger partial charge in [-0.3, -0.25) is 0 Å². The highest BCUT2D eigenvalue weighted by Crippen LogP contribution is 2.35. The minimum absolute atomic E-state index is 0.0232. The van der Waals surface area contributed by atoms with Gasteiger partial charge in [0.25, 0.3) is 0 Å². The summed E-state index contributed by atoms with van der Waals surface area (Å²) in [5.41, 5.74) is 6.07. The molecule has 0 aliphatic rings. The van der Waals surface area contributed by atoms with E-state index in [1.54, 1.807) is 24.3 Å². The Hall–Kier alpha value is -2.79. The molecule has 2 aromatic carbocycles. The molecule has 3 rings (SSSR count). The van der Waals surface area contributed by atoms with E-state index in [-0.39, 0.29) is 22.6 Å². The average molecular weight is 407 g/mol. The lowest BCUT2D eigenvalue weighted by Crippen LogP contribution is -2.04. The molecule has 1 heterocycles. The molecule has 0 aliphatic carbocycles. The highest BCUT2D eigenvalue weighted by atomic mass is 79.9. The molecule has 0 spiro atoms. The molecule has 0 aliphatic heterocycles. The van der Waals surface area contributed by atoms with Gasteiger partial charge in [0.15, 0.2) is 0 Å². The van der Waals surface area contributed by atoms with E-state index in [4.69, 9.17) is 5.73 Å². The third-order valence-electron chi connectivity index (χ3n) is 3.58. The minimum Gasteiger partial charge on any atom is -0.382 e. The highest BCUT2D eigenvalue weighted by Gasteiger charge is 2.31. The maximum atomic E-state index is 12.9. The van der Waals surface area contributed by atoms with Crippen LogP contribution in [0.3, 0.4) is 0 Å². The average Bonchev–Trinajstić information content (AvgIpc) is 2.91. The normalized spacial score (nSPS) is 11.3. The zero-order valence-electron chi connectivity index (χ0n) is 12.5. The van der Waals surface area contributed by atoms with Crippen LogP contribution >= 0.6 is 15.9 Å². The van der Waals surface area contributed by atoms with Crippen molar-refractivity contribution in [2.24, 2.45) is 0 Å². The van der Waals surface area contributed by atoms with Gasteiger partial charge in [-0.05, 0) is 40.2 Å². The number of nitrogen functional groups attached to an aromatic ring is 1. The summed E-state index contributed by atoms with van der Waals surface area (Å²) in [4.78, 5) is 0. The number of halogens is 4. The van der Waals surface area contributed by atoms with Crippen LogP contribution in [0.25, 0.3) is 16.9 Å². The first-order chi connectivity index (χ1) is 11.8. The second-order valence-corrected chi connectivity index (χ2v) is 6.02. The van der Waals surface area contributed by atoms with Gasteiger partial charge in [0.2, 0.25) is 0 Å². The number of rotatable bonds is 2. The Labute approximate surface area is 149 Å². The second-order valence-electron chi connectivity index (χ2n) is 5.16. The molecular formula is C17H10BrF3N4. The molecule has 0 atom stereocenters. The summed E-state index contributed by atoms with van der Waals surface area (Å²) in [7, 11) is 0. The lowest BCUT2D eigenvalue weighted by Gasteiger charge is -2.07. The highest BCUT2D eigenvalue weighted by molar-refractivity contribution is 9.10. The Morgan fingerprint density at radius 2 is 1.84 bits per heavy atom. The third kappa shape index (κ3) is 3.10. The first-order valence-corrected chi connectivity index (χ1v) is 7.83. The zero-order chi connectivity index (χ0) is 18.2. The van der Waals surface area contributed by atoms with Gasteiger partial charge in [0, 0.05) is 10.0 Å². The van der Waals surface area contributed by atoms with Gasteiger partial charge in [0.1, 0.15) is 23.1 Å². The van der Waals surface area contributed by atoms with E-state index < -0.39 is 11.7 Å². The van der Waals surface area contributed by atoms with Crippen molar-refractivity contribution in [2.45, 2.75) is 6.18 Å². The van der Waals surface area contributed by atoms with Crippen molar-refractivity contribution in [1.82, 2.24) is 9.78 Å². The molecular weight excluding hydrogens is 397 g/mol. The molecule has 0 bridgehead atoms. The predicted molar refractivity (Wildman–Crippen MR) is 90.8 cm³/mol. The Kier molecular flexibility index (Phi) is 4.27. The molecule has 0 unspecified atom stereocenters. The quantitative estimate of drug-likeness (QED) is 0.665. The molecule has 0 amide bonds. The fourth-order valence-corrected chi connectivity index (χ4v) is 2.85. The summed E-state index contributed by atoms with van der Waals surface area (Å²) in [5, 5.41) is 13.7. The number of nitriles is 1. The minimum atomic E-state index is -4.49. The smallest absolute Gasteiger partial charge is 0.382 e. The van der Waals surface area contributed by atoms with Crippen LogP contribution in [-0.4, -0.2) is 9.78 Å². The predicted octanol–water partition coefficient (Wildman–Crippen LogP) is 4.77. The van der Waals surface area contributed by atoms with Gasteiger partial charge in [-0.15, -0.1) is 0 Å². The van der Waals surface area contributed by atoms with Gasteiger partial charge in [-0.25, -0.2) is 4.68 Å². The first-order valence-electron chi connectivity index (χ1n) is 7.04. The zero-order valence-corrected chi connectivity index (χ0v) is 14.1. The fraction of sp³-hybridized carbons (Fsp3) is 0.0588. The van der Waals surface area contributed by atoms with Crippen molar-refractivity contribution in [2.75, 3.05) is 5.73 Å². The molecule has 4 nitrogen and oxygen atoms in total. The summed E-state index contributed by atoms with van der Waals surface area (Å²) < 4.78 is 40.9. The summed E-state index contributed by atoms with van der Waals surface area (Å²) in [5.74, 6) is 0.0572. The molecule has 0 saturated heterocycles. The molecule has 8 heteroatoms. The van der Waals surface area contributed by atoms with Crippen molar-refractivity contribution < 1.29 is 13.2 Å². The van der Waals surface area contributed by atoms with Gasteiger partial charge in [-0.2, -0.15) is 23.5 Å². The van der Waals surface area contributed by atoms with Crippen LogP contribution in [0.5, 0.6) is 0 Å². The Morgan fingerprint density at radius 1 is 1.12 bits per heavy atom. The number of para-hydroxylation sites is 1. The number of aromatic nitrogens is 2. The van der Waals surface area contributed by atoms with Crippen LogP contribution in [0.2, 0.25) is 0 Å². The van der Waals surface area contributed by atoms with Crippen LogP contribution in [0.4, 0.5) is 19.0 Å². The molecule has 0 radical (unpaired) electrons. The van der Waals surface area contributed by atoms with Crippen molar-refractivity contribution >= 4 is 21.7 Å². The van der Waals surface area contributed by atoms with E-state index in [1.165, 1.54) is 16.8 Å². The lowest BCUT2D eigenvalue weighted by atomic mass is 10.0. The molecule has 126 valence electrons. The Balaban J connectivity index is 2.21. The SMILES string of the molecule is N#Cc1c(-c2cccc(C(F)(F)F)c2)nn(-c2ccccc2Br)c1N. The van der Waals surface area contributed by atoms with E-state index in [0.717, 1.165) is 12.1 Å². The topological polar surface area (TPSA) is 67.6 Å². The summed E-state index contributed by atoms with van der Waals surface area (Å²) in [6.45, 7) is 0. The van der Waals surface area contributed by atoms with E-state index in [9.17, 15) is 18.4 Å². The Morgan fingerprint density at radius 3 is 2.48 bits per heavy atom. The maximum Gasteiger partial charge on any atom is 0.416 e. The number of benzene rings is 2. The van der Waals surface area contributed by atoms with Crippen LogP contribution in [0.15, 0.2) is 53.0 Å². The second kappa shape index (κ2) is 6.26. The Bertz CT molecular complexity index is 986. The summed E-state index contributed by atoms with van der Waals surface area (Å²) in [6, 6.07) is 13.6. The monoisotopic (exact) mass is 406 g/mol. The van der Waals surface area contributed by atoms with E-state index in [2.05, 4.69) is 21.0 Å². The van der Waals surface area contributed by atoms with Crippen LogP contribution < -0.4 is 5.73 Å². The first kappa shape index (κ1) is 17.0. The van der Waals surface area contributed by atoms with Crippen molar-refractivity contribution in [3.8, 4) is 23.0 Å². The van der Waals surface area contributed by atoms with Crippen LogP contribution in [0, 0.1) is 11.3 Å². The summed E-state index contributed by atoms with van der Waals surface area (Å²) in [6.07, 6.45) is -4.49. The van der Waals surface area contributed by atoms with Crippen molar-refractivity contribution in [1.29, 1.82) is 5.26 Å². The van der Waals surface area contributed by atoms with Gasteiger partial charge >= 0.3 is 6.18 Å². The van der Waals surface area contributed by atoms with Gasteiger partial charge in [-0.1, -0.05) is 24.3 Å². The lowest BCUT2D eigenvalue weighted by molar-refractivity contribution is -0.137. The third-order valence-corrected chi connectivity index (χ3v) is 4.25. The van der Waals surface area contributed by atoms with Gasteiger partial charge in [0.05, 0.1) is 11.3 Å². The summed E-state index contributed by atoms with van der Waals surface area (Å²) >= 11 is 3.37. The van der Waals surface area contributed by atoms with Crippen molar-refractivity contribution in [3.05, 3.63) is 64.1 Å². The largest absolute Gasteiger partial charge is 0.416 e. The van der Waals surface area contributed by atoms with Crippen LogP contribution in [-0.2, 0) is 6.18 Å². The van der Waals surface area contributed by atoms with E-state index in [0.29, 0.717) is 10.2 Å². The molecule has 1 aromatic heterocycles. The standard InChI is InChI=1S/C17H10BrF3N4/c18-13-6-1-2-7-14(13)25-16(23)12(9-22)15(24-25)10-4-3-5-11(8-10)17(19,20)21/h1-8H,23H2. The molecule has 2 N–H and O–H groups in total. The van der Waals surface area contributed by atoms with Crippen molar-refractivity contribution in [3.63, 3.8) is 0 Å². The number of anilines is 1. The molecule has 3 aromatic rings. The maximum absolute atomic E-state index is 12.9. The number of hydrogen-bond acceptors (Lipinski definition) is 3. The van der Waals surface area contributed by atoms with E-state index >= 15 is 0 Å². The fourth-order valence-electron chi connectivity index (χ4n) is 2.39. The molecule has 0 fully saturated rings. The van der Waals surface area contributed by atoms with E-state index in [1.807, 2.05) is 6.07 Å². The number of hydrogen-bond donors (Lipinski definition) is 1. The number of nitrogens with zero attached hydrogens (tertiary/aromatic N) is 3. The number of alkyl halides is 3. The van der Waals surface area contributed by atoms with Gasteiger partial charge < -0.3 is 5.73 Å². The number of nitrogens with two attached hydrogens (primary N) is 1. The van der Waals surface area contributed by atoms with Crippen LogP contribution in [0.1, 0.15) is 11.1 Å².